The molecule has 0 aliphatic carbocycles. The summed E-state index contributed by atoms with van der Waals surface area (Å²) in [5, 5.41) is 1.89. The Morgan fingerprint density at radius 2 is 2.00 bits per heavy atom. The predicted octanol–water partition coefficient (Wildman–Crippen LogP) is 4.30. The molecule has 0 amide bonds. The molecule has 0 atom stereocenters. The van der Waals surface area contributed by atoms with E-state index in [4.69, 9.17) is 23.2 Å². The molecular formula is C9H4BrCl2N. The maximum absolute atomic E-state index is 6.01. The first-order valence-corrected chi connectivity index (χ1v) is 5.13. The fraction of sp³-hybridized carbons (Fsp3) is 0. The Morgan fingerprint density at radius 3 is 2.77 bits per heavy atom. The molecule has 4 heteroatoms. The molecule has 0 saturated heterocycles. The highest BCUT2D eigenvalue weighted by Gasteiger charge is 2.06. The maximum atomic E-state index is 6.01. The molecule has 66 valence electrons. The van der Waals surface area contributed by atoms with Crippen LogP contribution in [0, 0.1) is 0 Å². The molecular weight excluding hydrogens is 273 g/mol. The number of para-hydroxylation sites is 1. The van der Waals surface area contributed by atoms with Crippen LogP contribution in [-0.2, 0) is 0 Å². The molecule has 0 radical (unpaired) electrons. The Balaban J connectivity index is 2.94. The van der Waals surface area contributed by atoms with Gasteiger partial charge in [0.15, 0.2) is 0 Å². The van der Waals surface area contributed by atoms with Crippen LogP contribution in [0.25, 0.3) is 10.9 Å². The van der Waals surface area contributed by atoms with Crippen molar-refractivity contribution in [3.8, 4) is 0 Å². The van der Waals surface area contributed by atoms with Crippen LogP contribution in [0.5, 0.6) is 0 Å². The van der Waals surface area contributed by atoms with E-state index in [-0.39, 0.29) is 0 Å². The Bertz CT molecular complexity index is 470. The molecule has 1 heterocycles. The fourth-order valence-corrected chi connectivity index (χ4v) is 1.95. The summed E-state index contributed by atoms with van der Waals surface area (Å²) >= 11 is 15.2. The van der Waals surface area contributed by atoms with Gasteiger partial charge in [0.25, 0.3) is 0 Å². The van der Waals surface area contributed by atoms with Crippen molar-refractivity contribution < 1.29 is 0 Å². The Morgan fingerprint density at radius 1 is 1.23 bits per heavy atom. The average Bonchev–Trinajstić information content (AvgIpc) is 2.12. The Hall–Kier alpha value is -0.310. The van der Waals surface area contributed by atoms with Crippen LogP contribution < -0.4 is 0 Å². The highest BCUT2D eigenvalue weighted by molar-refractivity contribution is 9.10. The molecule has 0 aliphatic rings. The standard InChI is InChI=1S/C9H4BrCl2N/c10-6-3-1-2-5-8(12)7(11)4-13-9(5)6/h1-4H. The highest BCUT2D eigenvalue weighted by Crippen LogP contribution is 2.32. The van der Waals surface area contributed by atoms with Gasteiger partial charge in [0.1, 0.15) is 0 Å². The van der Waals surface area contributed by atoms with Crippen molar-refractivity contribution in [1.29, 1.82) is 0 Å². The number of nitrogens with zero attached hydrogens (tertiary/aromatic N) is 1. The second-order valence-electron chi connectivity index (χ2n) is 2.56. The third-order valence-corrected chi connectivity index (χ3v) is 3.17. The van der Waals surface area contributed by atoms with E-state index in [2.05, 4.69) is 20.9 Å². The van der Waals surface area contributed by atoms with Crippen molar-refractivity contribution in [1.82, 2.24) is 4.98 Å². The summed E-state index contributed by atoms with van der Waals surface area (Å²) in [5.74, 6) is 0. The summed E-state index contributed by atoms with van der Waals surface area (Å²) < 4.78 is 0.920. The van der Waals surface area contributed by atoms with Gasteiger partial charge in [-0.1, -0.05) is 35.3 Å². The molecule has 0 bridgehead atoms. The number of hydrogen-bond acceptors (Lipinski definition) is 1. The smallest absolute Gasteiger partial charge is 0.0860 e. The monoisotopic (exact) mass is 275 g/mol. The first-order valence-electron chi connectivity index (χ1n) is 3.58. The first kappa shape index (κ1) is 9.25. The van der Waals surface area contributed by atoms with Crippen LogP contribution >= 0.6 is 39.1 Å². The van der Waals surface area contributed by atoms with Crippen molar-refractivity contribution in [3.63, 3.8) is 0 Å². The molecule has 0 saturated carbocycles. The van der Waals surface area contributed by atoms with Crippen molar-refractivity contribution in [2.75, 3.05) is 0 Å². The fourth-order valence-electron chi connectivity index (χ4n) is 1.13. The number of hydrogen-bond donors (Lipinski definition) is 0. The average molecular weight is 277 g/mol. The molecule has 1 aromatic carbocycles. The molecule has 0 fully saturated rings. The van der Waals surface area contributed by atoms with E-state index in [0.717, 1.165) is 15.4 Å². The van der Waals surface area contributed by atoms with E-state index in [1.54, 1.807) is 6.20 Å². The lowest BCUT2D eigenvalue weighted by Gasteiger charge is -2.02. The summed E-state index contributed by atoms with van der Waals surface area (Å²) in [6.45, 7) is 0. The first-order chi connectivity index (χ1) is 6.20. The van der Waals surface area contributed by atoms with Gasteiger partial charge in [0, 0.05) is 16.1 Å². The second kappa shape index (κ2) is 3.45. The third kappa shape index (κ3) is 1.54. The van der Waals surface area contributed by atoms with Crippen molar-refractivity contribution in [3.05, 3.63) is 38.9 Å². The normalized spacial score (nSPS) is 10.7. The molecule has 2 rings (SSSR count). The van der Waals surface area contributed by atoms with Crippen molar-refractivity contribution in [2.45, 2.75) is 0 Å². The summed E-state index contributed by atoms with van der Waals surface area (Å²) in [6.07, 6.45) is 1.55. The number of halogens is 3. The van der Waals surface area contributed by atoms with Gasteiger partial charge in [-0.2, -0.15) is 0 Å². The molecule has 0 aliphatic heterocycles. The molecule has 0 N–H and O–H groups in total. The zero-order chi connectivity index (χ0) is 9.42. The van der Waals surface area contributed by atoms with Gasteiger partial charge in [-0.25, -0.2) is 0 Å². The molecule has 13 heavy (non-hydrogen) atoms. The van der Waals surface area contributed by atoms with Gasteiger partial charge >= 0.3 is 0 Å². The van der Waals surface area contributed by atoms with Crippen molar-refractivity contribution in [2.24, 2.45) is 0 Å². The van der Waals surface area contributed by atoms with Gasteiger partial charge < -0.3 is 0 Å². The lowest BCUT2D eigenvalue weighted by atomic mass is 10.2. The van der Waals surface area contributed by atoms with Gasteiger partial charge in [0.05, 0.1) is 15.6 Å². The summed E-state index contributed by atoms with van der Waals surface area (Å²) in [5.41, 5.74) is 0.830. The largest absolute Gasteiger partial charge is 0.253 e. The van der Waals surface area contributed by atoms with Crippen LogP contribution in [0.2, 0.25) is 10.0 Å². The molecule has 0 spiro atoms. The second-order valence-corrected chi connectivity index (χ2v) is 4.20. The van der Waals surface area contributed by atoms with Gasteiger partial charge in [0.2, 0.25) is 0 Å². The zero-order valence-electron chi connectivity index (χ0n) is 6.39. The Kier molecular flexibility index (Phi) is 2.45. The summed E-state index contributed by atoms with van der Waals surface area (Å²) in [7, 11) is 0. The quantitative estimate of drug-likeness (QED) is 0.699. The van der Waals surface area contributed by atoms with E-state index in [1.165, 1.54) is 0 Å². The minimum absolute atomic E-state index is 0.479. The van der Waals surface area contributed by atoms with Crippen LogP contribution in [-0.4, -0.2) is 4.98 Å². The number of fused-ring (bicyclic) bond motifs is 1. The molecule has 1 nitrogen and oxygen atoms in total. The molecule has 1 aromatic heterocycles. The minimum Gasteiger partial charge on any atom is -0.253 e. The topological polar surface area (TPSA) is 12.9 Å². The van der Waals surface area contributed by atoms with E-state index in [1.807, 2.05) is 18.2 Å². The van der Waals surface area contributed by atoms with Gasteiger partial charge in [-0.05, 0) is 22.0 Å². The number of rotatable bonds is 0. The minimum atomic E-state index is 0.479. The predicted molar refractivity (Wildman–Crippen MR) is 59.5 cm³/mol. The third-order valence-electron chi connectivity index (χ3n) is 1.74. The van der Waals surface area contributed by atoms with Gasteiger partial charge in [-0.15, -0.1) is 0 Å². The van der Waals surface area contributed by atoms with Crippen LogP contribution in [0.3, 0.4) is 0 Å². The van der Waals surface area contributed by atoms with Crippen molar-refractivity contribution >= 4 is 50.0 Å². The lowest BCUT2D eigenvalue weighted by Crippen LogP contribution is -1.81. The number of benzene rings is 1. The zero-order valence-corrected chi connectivity index (χ0v) is 9.49. The number of pyridine rings is 1. The molecule has 2 aromatic rings. The van der Waals surface area contributed by atoms with Crippen LogP contribution in [0.1, 0.15) is 0 Å². The van der Waals surface area contributed by atoms with Crippen LogP contribution in [0.4, 0.5) is 0 Å². The van der Waals surface area contributed by atoms with E-state index < -0.39 is 0 Å². The lowest BCUT2D eigenvalue weighted by molar-refractivity contribution is 1.40. The van der Waals surface area contributed by atoms with E-state index in [0.29, 0.717) is 10.0 Å². The van der Waals surface area contributed by atoms with Gasteiger partial charge in [-0.3, -0.25) is 4.98 Å². The van der Waals surface area contributed by atoms with Crippen LogP contribution in [0.15, 0.2) is 28.9 Å². The summed E-state index contributed by atoms with van der Waals surface area (Å²) in [6, 6.07) is 5.71. The SMILES string of the molecule is Clc1cnc2c(Br)cccc2c1Cl. The Labute approximate surface area is 93.8 Å². The van der Waals surface area contributed by atoms with E-state index >= 15 is 0 Å². The maximum Gasteiger partial charge on any atom is 0.0860 e. The number of aromatic nitrogens is 1. The summed E-state index contributed by atoms with van der Waals surface area (Å²) in [4.78, 5) is 4.18. The van der Waals surface area contributed by atoms with E-state index in [9.17, 15) is 0 Å². The highest BCUT2D eigenvalue weighted by atomic mass is 79.9. The molecule has 0 unspecified atom stereocenters.